The molecule has 0 bridgehead atoms. The van der Waals surface area contributed by atoms with Gasteiger partial charge in [0, 0.05) is 10.7 Å². The Morgan fingerprint density at radius 1 is 1.25 bits per heavy atom. The summed E-state index contributed by atoms with van der Waals surface area (Å²) in [5.74, 6) is -0.0418. The molecule has 0 radical (unpaired) electrons. The molecule has 1 amide bonds. The molecule has 0 saturated heterocycles. The van der Waals surface area contributed by atoms with Crippen molar-refractivity contribution in [2.24, 2.45) is 0 Å². The number of rotatable bonds is 3. The van der Waals surface area contributed by atoms with Crippen molar-refractivity contribution in [3.63, 3.8) is 0 Å². The van der Waals surface area contributed by atoms with Crippen molar-refractivity contribution in [1.82, 2.24) is 4.90 Å². The summed E-state index contributed by atoms with van der Waals surface area (Å²) in [4.78, 5) is 13.8. The van der Waals surface area contributed by atoms with Crippen LogP contribution < -0.4 is 5.32 Å². The number of hydrogen-bond acceptors (Lipinski definition) is 2. The molecule has 0 aromatic heterocycles. The van der Waals surface area contributed by atoms with Crippen LogP contribution in [0.5, 0.6) is 0 Å². The van der Waals surface area contributed by atoms with Gasteiger partial charge in [-0.1, -0.05) is 11.6 Å². The summed E-state index contributed by atoms with van der Waals surface area (Å²) in [6.45, 7) is 3.75. The molecule has 0 aliphatic heterocycles. The number of carbonyl (C=O) groups excluding carboxylic acids is 1. The van der Waals surface area contributed by atoms with E-state index in [-0.39, 0.29) is 5.91 Å². The summed E-state index contributed by atoms with van der Waals surface area (Å²) in [6.07, 6.45) is 0. The lowest BCUT2D eigenvalue weighted by Crippen LogP contribution is -2.48. The molecule has 88 valence electrons. The van der Waals surface area contributed by atoms with Crippen LogP contribution in [0.1, 0.15) is 13.8 Å². The maximum absolute atomic E-state index is 12.0. The van der Waals surface area contributed by atoms with Crippen molar-refractivity contribution in [3.05, 3.63) is 29.3 Å². The Kier molecular flexibility index (Phi) is 3.94. The van der Waals surface area contributed by atoms with Crippen LogP contribution in [0.15, 0.2) is 24.3 Å². The van der Waals surface area contributed by atoms with Crippen LogP contribution >= 0.6 is 11.6 Å². The second-order valence-corrected chi connectivity index (χ2v) is 4.85. The molecule has 0 aliphatic carbocycles. The number of halogens is 1. The normalized spacial score (nSPS) is 11.6. The molecule has 0 spiro atoms. The van der Waals surface area contributed by atoms with E-state index >= 15 is 0 Å². The van der Waals surface area contributed by atoms with Crippen LogP contribution in [-0.2, 0) is 4.79 Å². The maximum Gasteiger partial charge on any atom is 0.244 e. The fraction of sp³-hybridized carbons (Fsp3) is 0.417. The smallest absolute Gasteiger partial charge is 0.244 e. The molecule has 0 aliphatic rings. The van der Waals surface area contributed by atoms with Crippen molar-refractivity contribution in [2.45, 2.75) is 19.4 Å². The second-order valence-electron chi connectivity index (χ2n) is 4.41. The van der Waals surface area contributed by atoms with E-state index in [9.17, 15) is 4.79 Å². The third kappa shape index (κ3) is 2.97. The third-order valence-electron chi connectivity index (χ3n) is 2.78. The molecule has 0 heterocycles. The average Bonchev–Trinajstić information content (AvgIpc) is 2.21. The van der Waals surface area contributed by atoms with Gasteiger partial charge in [0.25, 0.3) is 0 Å². The van der Waals surface area contributed by atoms with Gasteiger partial charge in [-0.15, -0.1) is 0 Å². The molecule has 1 N–H and O–H groups in total. The summed E-state index contributed by atoms with van der Waals surface area (Å²) in [6, 6.07) is 7.07. The fourth-order valence-corrected chi connectivity index (χ4v) is 1.15. The highest BCUT2D eigenvalue weighted by Gasteiger charge is 2.29. The van der Waals surface area contributed by atoms with Gasteiger partial charge in [0.1, 0.15) is 0 Å². The minimum Gasteiger partial charge on any atom is -0.324 e. The molecule has 3 nitrogen and oxygen atoms in total. The molecular formula is C12H17ClN2O. The predicted octanol–water partition coefficient (Wildman–Crippen LogP) is 2.62. The first-order valence-corrected chi connectivity index (χ1v) is 5.46. The van der Waals surface area contributed by atoms with E-state index in [4.69, 9.17) is 11.6 Å². The Morgan fingerprint density at radius 3 is 2.19 bits per heavy atom. The molecule has 0 fully saturated rings. The molecule has 4 heteroatoms. The Labute approximate surface area is 101 Å². The largest absolute Gasteiger partial charge is 0.324 e. The van der Waals surface area contributed by atoms with E-state index in [1.807, 2.05) is 32.8 Å². The average molecular weight is 241 g/mol. The van der Waals surface area contributed by atoms with Gasteiger partial charge in [0.05, 0.1) is 5.54 Å². The zero-order valence-electron chi connectivity index (χ0n) is 10.0. The Balaban J connectivity index is 2.75. The van der Waals surface area contributed by atoms with Crippen molar-refractivity contribution in [2.75, 3.05) is 19.4 Å². The van der Waals surface area contributed by atoms with Gasteiger partial charge in [-0.2, -0.15) is 0 Å². The highest BCUT2D eigenvalue weighted by Crippen LogP contribution is 2.17. The second kappa shape index (κ2) is 4.85. The first kappa shape index (κ1) is 13.0. The molecule has 1 aromatic carbocycles. The van der Waals surface area contributed by atoms with E-state index in [0.717, 1.165) is 5.69 Å². The van der Waals surface area contributed by atoms with Gasteiger partial charge < -0.3 is 5.32 Å². The number of amides is 1. The number of nitrogens with one attached hydrogen (secondary N) is 1. The van der Waals surface area contributed by atoms with Crippen molar-refractivity contribution < 1.29 is 4.79 Å². The minimum absolute atomic E-state index is 0.0418. The van der Waals surface area contributed by atoms with E-state index < -0.39 is 5.54 Å². The number of likely N-dealkylation sites (N-methyl/N-ethyl adjacent to an activating group) is 1. The number of anilines is 1. The predicted molar refractivity (Wildman–Crippen MR) is 67.8 cm³/mol. The van der Waals surface area contributed by atoms with Crippen LogP contribution in [0.3, 0.4) is 0 Å². The fourth-order valence-electron chi connectivity index (χ4n) is 1.02. The topological polar surface area (TPSA) is 32.3 Å². The third-order valence-corrected chi connectivity index (χ3v) is 3.03. The van der Waals surface area contributed by atoms with Crippen LogP contribution in [-0.4, -0.2) is 30.4 Å². The number of hydrogen-bond donors (Lipinski definition) is 1. The quantitative estimate of drug-likeness (QED) is 0.881. The number of nitrogens with zero attached hydrogens (tertiary/aromatic N) is 1. The zero-order chi connectivity index (χ0) is 12.3. The Morgan fingerprint density at radius 2 is 1.75 bits per heavy atom. The lowest BCUT2D eigenvalue weighted by molar-refractivity contribution is -0.124. The van der Waals surface area contributed by atoms with E-state index in [2.05, 4.69) is 5.32 Å². The van der Waals surface area contributed by atoms with Gasteiger partial charge in [-0.05, 0) is 52.2 Å². The van der Waals surface area contributed by atoms with Crippen molar-refractivity contribution in [3.8, 4) is 0 Å². The van der Waals surface area contributed by atoms with Crippen molar-refractivity contribution >= 4 is 23.2 Å². The molecule has 16 heavy (non-hydrogen) atoms. The highest BCUT2D eigenvalue weighted by molar-refractivity contribution is 6.30. The summed E-state index contributed by atoms with van der Waals surface area (Å²) >= 11 is 5.77. The molecule has 0 saturated carbocycles. The first-order valence-electron chi connectivity index (χ1n) is 5.08. The summed E-state index contributed by atoms with van der Waals surface area (Å²) in [5.41, 5.74) is 0.212. The monoisotopic (exact) mass is 240 g/mol. The summed E-state index contributed by atoms with van der Waals surface area (Å²) < 4.78 is 0. The SMILES string of the molecule is CN(C)C(C)(C)C(=O)Nc1ccc(Cl)cc1. The van der Waals surface area contributed by atoms with Crippen LogP contribution in [0.25, 0.3) is 0 Å². The first-order chi connectivity index (χ1) is 7.34. The van der Waals surface area contributed by atoms with Gasteiger partial charge in [0.15, 0.2) is 0 Å². The Bertz CT molecular complexity index is 371. The molecule has 1 aromatic rings. The van der Waals surface area contributed by atoms with E-state index in [1.54, 1.807) is 24.3 Å². The van der Waals surface area contributed by atoms with Crippen LogP contribution in [0.2, 0.25) is 5.02 Å². The summed E-state index contributed by atoms with van der Waals surface area (Å²) in [5, 5.41) is 3.51. The Hall–Kier alpha value is -1.06. The molecule has 0 unspecified atom stereocenters. The minimum atomic E-state index is -0.542. The molecule has 1 rings (SSSR count). The van der Waals surface area contributed by atoms with E-state index in [0.29, 0.717) is 5.02 Å². The highest BCUT2D eigenvalue weighted by atomic mass is 35.5. The standard InChI is InChI=1S/C12H17ClN2O/c1-12(2,15(3)4)11(16)14-10-7-5-9(13)6-8-10/h5-8H,1-4H3,(H,14,16). The van der Waals surface area contributed by atoms with Gasteiger partial charge >= 0.3 is 0 Å². The van der Waals surface area contributed by atoms with Crippen LogP contribution in [0.4, 0.5) is 5.69 Å². The maximum atomic E-state index is 12.0. The van der Waals surface area contributed by atoms with E-state index in [1.165, 1.54) is 0 Å². The van der Waals surface area contributed by atoms with Gasteiger partial charge in [0.2, 0.25) is 5.91 Å². The molecular weight excluding hydrogens is 224 g/mol. The van der Waals surface area contributed by atoms with Gasteiger partial charge in [-0.25, -0.2) is 0 Å². The zero-order valence-corrected chi connectivity index (χ0v) is 10.8. The summed E-state index contributed by atoms with van der Waals surface area (Å²) in [7, 11) is 3.75. The van der Waals surface area contributed by atoms with Crippen molar-refractivity contribution in [1.29, 1.82) is 0 Å². The number of benzene rings is 1. The lowest BCUT2D eigenvalue weighted by Gasteiger charge is -2.30. The lowest BCUT2D eigenvalue weighted by atomic mass is 10.0. The van der Waals surface area contributed by atoms with Crippen LogP contribution in [0, 0.1) is 0 Å². The molecule has 0 atom stereocenters. The number of carbonyl (C=O) groups is 1. The van der Waals surface area contributed by atoms with Gasteiger partial charge in [-0.3, -0.25) is 9.69 Å².